The minimum absolute atomic E-state index is 0.194. The van der Waals surface area contributed by atoms with Gasteiger partial charge in [0, 0.05) is 12.0 Å². The van der Waals surface area contributed by atoms with E-state index in [0.29, 0.717) is 0 Å². The van der Waals surface area contributed by atoms with Crippen molar-refractivity contribution in [2.45, 2.75) is 52.6 Å². The molecule has 0 spiro atoms. The van der Waals surface area contributed by atoms with Crippen LogP contribution in [0.5, 0.6) is 0 Å². The summed E-state index contributed by atoms with van der Waals surface area (Å²) in [7, 11) is 0. The zero-order valence-corrected chi connectivity index (χ0v) is 9.68. The molecule has 0 atom stereocenters. The number of rotatable bonds is 5. The molecule has 1 heterocycles. The van der Waals surface area contributed by atoms with Gasteiger partial charge in [-0.1, -0.05) is 13.8 Å². The Kier molecular flexibility index (Phi) is 3.76. The summed E-state index contributed by atoms with van der Waals surface area (Å²) >= 11 is 0. The predicted octanol–water partition coefficient (Wildman–Crippen LogP) is 3.12. The maximum absolute atomic E-state index is 5.61. The molecule has 80 valence electrons. The second-order valence-electron chi connectivity index (χ2n) is 4.31. The molecular formula is C12H21NO. The fourth-order valence-electron chi connectivity index (χ4n) is 1.16. The highest BCUT2D eigenvalue weighted by Gasteiger charge is 2.14. The molecule has 0 bridgehead atoms. The van der Waals surface area contributed by atoms with Gasteiger partial charge in [-0.2, -0.15) is 0 Å². The first-order chi connectivity index (χ1) is 6.57. The normalized spacial score (nSPS) is 12.0. The Morgan fingerprint density at radius 3 is 2.36 bits per heavy atom. The Bertz CT molecular complexity index is 276. The first-order valence-corrected chi connectivity index (χ1v) is 5.40. The molecule has 1 aromatic heterocycles. The number of furan rings is 1. The topological polar surface area (TPSA) is 25.2 Å². The van der Waals surface area contributed by atoms with E-state index in [-0.39, 0.29) is 5.54 Å². The number of hydrogen-bond donors (Lipinski definition) is 1. The van der Waals surface area contributed by atoms with Gasteiger partial charge in [0.25, 0.3) is 0 Å². The summed E-state index contributed by atoms with van der Waals surface area (Å²) in [6, 6.07) is 4.10. The van der Waals surface area contributed by atoms with Crippen molar-refractivity contribution in [3.63, 3.8) is 0 Å². The Labute approximate surface area is 86.7 Å². The summed E-state index contributed by atoms with van der Waals surface area (Å²) in [5.74, 6) is 2.10. The van der Waals surface area contributed by atoms with E-state index in [1.165, 1.54) is 0 Å². The van der Waals surface area contributed by atoms with Crippen LogP contribution in [0.1, 0.15) is 45.6 Å². The van der Waals surface area contributed by atoms with Gasteiger partial charge < -0.3 is 9.73 Å². The summed E-state index contributed by atoms with van der Waals surface area (Å²) in [4.78, 5) is 0. The summed E-state index contributed by atoms with van der Waals surface area (Å²) in [6.45, 7) is 9.52. The SMILES string of the molecule is CCc1ccc(CNC(C)(C)CC)o1. The van der Waals surface area contributed by atoms with Crippen molar-refractivity contribution >= 4 is 0 Å². The van der Waals surface area contributed by atoms with E-state index in [0.717, 1.165) is 30.9 Å². The van der Waals surface area contributed by atoms with Crippen molar-refractivity contribution in [3.05, 3.63) is 23.7 Å². The highest BCUT2D eigenvalue weighted by atomic mass is 16.3. The molecule has 0 saturated carbocycles. The van der Waals surface area contributed by atoms with Crippen LogP contribution >= 0.6 is 0 Å². The van der Waals surface area contributed by atoms with Gasteiger partial charge in [0.05, 0.1) is 6.54 Å². The molecule has 0 amide bonds. The lowest BCUT2D eigenvalue weighted by Crippen LogP contribution is -2.37. The highest BCUT2D eigenvalue weighted by molar-refractivity contribution is 5.07. The summed E-state index contributed by atoms with van der Waals surface area (Å²) in [6.07, 6.45) is 2.09. The first kappa shape index (κ1) is 11.3. The standard InChI is InChI=1S/C12H21NO/c1-5-10-7-8-11(14-10)9-13-12(3,4)6-2/h7-8,13H,5-6,9H2,1-4H3. The van der Waals surface area contributed by atoms with Crippen molar-refractivity contribution in [3.8, 4) is 0 Å². The van der Waals surface area contributed by atoms with Crippen molar-refractivity contribution in [1.82, 2.24) is 5.32 Å². The largest absolute Gasteiger partial charge is 0.465 e. The average Bonchev–Trinajstić information content (AvgIpc) is 2.63. The van der Waals surface area contributed by atoms with Gasteiger partial charge in [-0.25, -0.2) is 0 Å². The Morgan fingerprint density at radius 1 is 1.21 bits per heavy atom. The molecule has 1 rings (SSSR count). The van der Waals surface area contributed by atoms with Crippen molar-refractivity contribution in [1.29, 1.82) is 0 Å². The molecule has 0 saturated heterocycles. The smallest absolute Gasteiger partial charge is 0.117 e. The number of hydrogen-bond acceptors (Lipinski definition) is 2. The van der Waals surface area contributed by atoms with Gasteiger partial charge in [0.1, 0.15) is 11.5 Å². The fourth-order valence-corrected chi connectivity index (χ4v) is 1.16. The van der Waals surface area contributed by atoms with Crippen molar-refractivity contribution < 1.29 is 4.42 Å². The van der Waals surface area contributed by atoms with Crippen LogP contribution in [0, 0.1) is 0 Å². The third kappa shape index (κ3) is 3.18. The lowest BCUT2D eigenvalue weighted by atomic mass is 10.0. The van der Waals surface area contributed by atoms with Crippen LogP contribution in [-0.2, 0) is 13.0 Å². The van der Waals surface area contributed by atoms with Crippen LogP contribution in [0.4, 0.5) is 0 Å². The van der Waals surface area contributed by atoms with Crippen molar-refractivity contribution in [2.75, 3.05) is 0 Å². The molecule has 0 aliphatic carbocycles. The van der Waals surface area contributed by atoms with Crippen molar-refractivity contribution in [2.24, 2.45) is 0 Å². The highest BCUT2D eigenvalue weighted by Crippen LogP contribution is 2.12. The van der Waals surface area contributed by atoms with Crippen LogP contribution in [0.15, 0.2) is 16.5 Å². The maximum atomic E-state index is 5.61. The molecule has 0 aromatic carbocycles. The van der Waals surface area contributed by atoms with E-state index in [2.05, 4.69) is 45.1 Å². The van der Waals surface area contributed by atoms with Gasteiger partial charge in [-0.3, -0.25) is 0 Å². The quantitative estimate of drug-likeness (QED) is 0.781. The van der Waals surface area contributed by atoms with Crippen LogP contribution < -0.4 is 5.32 Å². The second kappa shape index (κ2) is 4.65. The number of nitrogens with one attached hydrogen (secondary N) is 1. The Balaban J connectivity index is 2.45. The molecule has 0 aliphatic rings. The lowest BCUT2D eigenvalue weighted by Gasteiger charge is -2.23. The second-order valence-corrected chi connectivity index (χ2v) is 4.31. The van der Waals surface area contributed by atoms with E-state index < -0.39 is 0 Å². The maximum Gasteiger partial charge on any atom is 0.117 e. The molecule has 0 fully saturated rings. The number of aryl methyl sites for hydroxylation is 1. The third-order valence-electron chi connectivity index (χ3n) is 2.69. The summed E-state index contributed by atoms with van der Waals surface area (Å²) in [5.41, 5.74) is 0.194. The van der Waals surface area contributed by atoms with Crippen LogP contribution in [0.3, 0.4) is 0 Å². The van der Waals surface area contributed by atoms with Crippen LogP contribution in [-0.4, -0.2) is 5.54 Å². The molecule has 2 heteroatoms. The zero-order chi connectivity index (χ0) is 10.6. The Hall–Kier alpha value is -0.760. The van der Waals surface area contributed by atoms with Gasteiger partial charge in [-0.05, 0) is 32.4 Å². The third-order valence-corrected chi connectivity index (χ3v) is 2.69. The monoisotopic (exact) mass is 195 g/mol. The summed E-state index contributed by atoms with van der Waals surface area (Å²) in [5, 5.41) is 3.47. The first-order valence-electron chi connectivity index (χ1n) is 5.40. The molecule has 0 aliphatic heterocycles. The van der Waals surface area contributed by atoms with Gasteiger partial charge in [0.2, 0.25) is 0 Å². The fraction of sp³-hybridized carbons (Fsp3) is 0.667. The van der Waals surface area contributed by atoms with Crippen LogP contribution in [0.2, 0.25) is 0 Å². The molecule has 14 heavy (non-hydrogen) atoms. The predicted molar refractivity (Wildman–Crippen MR) is 59.3 cm³/mol. The zero-order valence-electron chi connectivity index (χ0n) is 9.68. The minimum Gasteiger partial charge on any atom is -0.465 e. The molecule has 0 unspecified atom stereocenters. The van der Waals surface area contributed by atoms with E-state index in [1.807, 2.05) is 0 Å². The van der Waals surface area contributed by atoms with Crippen LogP contribution in [0.25, 0.3) is 0 Å². The van der Waals surface area contributed by atoms with E-state index >= 15 is 0 Å². The van der Waals surface area contributed by atoms with Gasteiger partial charge in [0.15, 0.2) is 0 Å². The molecule has 1 N–H and O–H groups in total. The molecule has 1 aromatic rings. The average molecular weight is 195 g/mol. The summed E-state index contributed by atoms with van der Waals surface area (Å²) < 4.78 is 5.61. The van der Waals surface area contributed by atoms with E-state index in [4.69, 9.17) is 4.42 Å². The molecule has 0 radical (unpaired) electrons. The lowest BCUT2D eigenvalue weighted by molar-refractivity contribution is 0.347. The molecule has 2 nitrogen and oxygen atoms in total. The van der Waals surface area contributed by atoms with Gasteiger partial charge in [-0.15, -0.1) is 0 Å². The van der Waals surface area contributed by atoms with E-state index in [1.54, 1.807) is 0 Å². The molecular weight excluding hydrogens is 174 g/mol. The van der Waals surface area contributed by atoms with E-state index in [9.17, 15) is 0 Å². The Morgan fingerprint density at radius 2 is 1.86 bits per heavy atom. The minimum atomic E-state index is 0.194. The van der Waals surface area contributed by atoms with Gasteiger partial charge >= 0.3 is 0 Å².